The van der Waals surface area contributed by atoms with E-state index in [1.165, 1.54) is 29.3 Å². The van der Waals surface area contributed by atoms with E-state index >= 15 is 0 Å². The molecule has 0 aliphatic carbocycles. The molecule has 0 spiro atoms. The number of aliphatic hydroxyl groups excluding tert-OH is 1. The molecule has 1 aliphatic rings. The molecule has 9 heteroatoms. The van der Waals surface area contributed by atoms with Crippen LogP contribution in [0, 0.1) is 5.82 Å². The molecule has 0 aromatic heterocycles. The number of halogens is 2. The molecule has 0 radical (unpaired) electrons. The van der Waals surface area contributed by atoms with Crippen LogP contribution in [0.5, 0.6) is 5.75 Å². The quantitative estimate of drug-likeness (QED) is 0.475. The predicted octanol–water partition coefficient (Wildman–Crippen LogP) is 2.93. The van der Waals surface area contributed by atoms with Crippen molar-refractivity contribution in [3.8, 4) is 5.75 Å². The van der Waals surface area contributed by atoms with E-state index in [0.717, 1.165) is 5.56 Å². The standard InChI is InChI=1S/C23H28ClFN2O5/c24-16-4-7-21(20(11-16)22(26)29)32-14-19(28)13-23(30)8-1-9-27(31)18(12-23)10-15-2-5-17(25)6-3-15/h2-7,11,18-19,28,30-31H,1,8-10,12-14H2,(H2,26,29)/t18?,19-,23?/m0/s1. The van der Waals surface area contributed by atoms with Crippen molar-refractivity contribution < 1.29 is 29.3 Å². The van der Waals surface area contributed by atoms with Gasteiger partial charge in [0.15, 0.2) is 0 Å². The van der Waals surface area contributed by atoms with Crippen LogP contribution in [0.2, 0.25) is 5.02 Å². The number of hydrogen-bond acceptors (Lipinski definition) is 6. The first kappa shape index (κ1) is 24.4. The van der Waals surface area contributed by atoms with E-state index in [2.05, 4.69) is 0 Å². The van der Waals surface area contributed by atoms with Crippen LogP contribution >= 0.6 is 11.6 Å². The number of aliphatic hydroxyl groups is 2. The first-order chi connectivity index (χ1) is 15.1. The Bertz CT molecular complexity index is 929. The second-order valence-electron chi connectivity index (χ2n) is 8.35. The highest BCUT2D eigenvalue weighted by Crippen LogP contribution is 2.32. The molecule has 32 heavy (non-hydrogen) atoms. The van der Waals surface area contributed by atoms with Crippen LogP contribution in [0.25, 0.3) is 0 Å². The molecule has 1 amide bonds. The van der Waals surface area contributed by atoms with Gasteiger partial charge < -0.3 is 25.9 Å². The minimum atomic E-state index is -1.22. The second-order valence-corrected chi connectivity index (χ2v) is 8.79. The Hall–Kier alpha value is -2.23. The van der Waals surface area contributed by atoms with Crippen molar-refractivity contribution in [2.24, 2.45) is 5.73 Å². The number of benzene rings is 2. The fourth-order valence-electron chi connectivity index (χ4n) is 4.16. The maximum absolute atomic E-state index is 13.2. The highest BCUT2D eigenvalue weighted by molar-refractivity contribution is 6.31. The van der Waals surface area contributed by atoms with Gasteiger partial charge in [0, 0.05) is 24.0 Å². The van der Waals surface area contributed by atoms with E-state index < -0.39 is 17.6 Å². The van der Waals surface area contributed by atoms with Crippen LogP contribution in [0.4, 0.5) is 4.39 Å². The predicted molar refractivity (Wildman–Crippen MR) is 117 cm³/mol. The summed E-state index contributed by atoms with van der Waals surface area (Å²) in [5.74, 6) is -0.842. The Labute approximate surface area is 191 Å². The van der Waals surface area contributed by atoms with Gasteiger partial charge in [0.25, 0.3) is 5.91 Å². The van der Waals surface area contributed by atoms with Crippen LogP contribution in [0.3, 0.4) is 0 Å². The Morgan fingerprint density at radius 1 is 1.31 bits per heavy atom. The highest BCUT2D eigenvalue weighted by atomic mass is 35.5. The van der Waals surface area contributed by atoms with E-state index in [1.807, 2.05) is 0 Å². The molecule has 174 valence electrons. The van der Waals surface area contributed by atoms with Crippen LogP contribution < -0.4 is 10.5 Å². The fourth-order valence-corrected chi connectivity index (χ4v) is 4.33. The number of nitrogens with two attached hydrogens (primary N) is 1. The first-order valence-corrected chi connectivity index (χ1v) is 10.9. The van der Waals surface area contributed by atoms with Gasteiger partial charge in [-0.1, -0.05) is 23.7 Å². The Morgan fingerprint density at radius 2 is 2.03 bits per heavy atom. The molecule has 3 rings (SSSR count). The first-order valence-electron chi connectivity index (χ1n) is 10.5. The maximum Gasteiger partial charge on any atom is 0.252 e. The van der Waals surface area contributed by atoms with Crippen LogP contribution in [0.15, 0.2) is 42.5 Å². The van der Waals surface area contributed by atoms with Gasteiger partial charge >= 0.3 is 0 Å². The highest BCUT2D eigenvalue weighted by Gasteiger charge is 2.37. The molecule has 0 bridgehead atoms. The number of carbonyl (C=O) groups is 1. The summed E-state index contributed by atoms with van der Waals surface area (Å²) in [7, 11) is 0. The third kappa shape index (κ3) is 6.63. The summed E-state index contributed by atoms with van der Waals surface area (Å²) in [6.07, 6.45) is 0.607. The number of hydroxylamine groups is 2. The molecule has 1 heterocycles. The lowest BCUT2D eigenvalue weighted by molar-refractivity contribution is -0.134. The molecule has 1 fully saturated rings. The van der Waals surface area contributed by atoms with E-state index in [1.54, 1.807) is 18.2 Å². The van der Waals surface area contributed by atoms with E-state index in [9.17, 15) is 24.6 Å². The minimum absolute atomic E-state index is 0.0280. The van der Waals surface area contributed by atoms with Gasteiger partial charge in [-0.2, -0.15) is 5.06 Å². The van der Waals surface area contributed by atoms with Gasteiger partial charge in [0.2, 0.25) is 0 Å². The molecule has 2 aromatic rings. The third-order valence-corrected chi connectivity index (χ3v) is 5.94. The summed E-state index contributed by atoms with van der Waals surface area (Å²) in [6.45, 7) is 0.225. The lowest BCUT2D eigenvalue weighted by atomic mass is 9.85. The zero-order chi connectivity index (χ0) is 23.3. The summed E-state index contributed by atoms with van der Waals surface area (Å²) in [4.78, 5) is 11.6. The number of primary amides is 1. The largest absolute Gasteiger partial charge is 0.490 e. The molecule has 2 unspecified atom stereocenters. The Kier molecular flexibility index (Phi) is 8.08. The van der Waals surface area contributed by atoms with E-state index in [0.29, 0.717) is 30.8 Å². The summed E-state index contributed by atoms with van der Waals surface area (Å²) in [5, 5.41) is 33.7. The molecule has 1 saturated heterocycles. The maximum atomic E-state index is 13.2. The summed E-state index contributed by atoms with van der Waals surface area (Å²) in [5.41, 5.74) is 5.07. The van der Waals surface area contributed by atoms with Crippen molar-refractivity contribution >= 4 is 17.5 Å². The van der Waals surface area contributed by atoms with Crippen molar-refractivity contribution in [3.05, 3.63) is 64.4 Å². The number of nitrogens with zero attached hydrogens (tertiary/aromatic N) is 1. The zero-order valence-electron chi connectivity index (χ0n) is 17.6. The van der Waals surface area contributed by atoms with Crippen LogP contribution in [0.1, 0.15) is 41.6 Å². The van der Waals surface area contributed by atoms with E-state index in [-0.39, 0.29) is 42.6 Å². The number of rotatable bonds is 8. The van der Waals surface area contributed by atoms with Crippen molar-refractivity contribution in [2.45, 2.75) is 49.9 Å². The third-order valence-electron chi connectivity index (χ3n) is 5.70. The van der Waals surface area contributed by atoms with Crippen LogP contribution in [-0.4, -0.2) is 57.3 Å². The number of carbonyl (C=O) groups excluding carboxylic acids is 1. The second kappa shape index (κ2) is 10.6. The Morgan fingerprint density at radius 3 is 2.72 bits per heavy atom. The SMILES string of the molecule is NC(=O)c1cc(Cl)ccc1OC[C@@H](O)CC1(O)CCCN(O)C(Cc2ccc(F)cc2)C1. The fraction of sp³-hybridized carbons (Fsp3) is 0.435. The molecule has 2 aromatic carbocycles. The smallest absolute Gasteiger partial charge is 0.252 e. The van der Waals surface area contributed by atoms with Crippen molar-refractivity contribution in [2.75, 3.05) is 13.2 Å². The Balaban J connectivity index is 1.63. The average molecular weight is 467 g/mol. The normalized spacial score (nSPS) is 22.8. The number of hydrogen-bond donors (Lipinski definition) is 4. The summed E-state index contributed by atoms with van der Waals surface area (Å²) >= 11 is 5.89. The van der Waals surface area contributed by atoms with Gasteiger partial charge in [-0.25, -0.2) is 4.39 Å². The molecule has 7 nitrogen and oxygen atoms in total. The van der Waals surface area contributed by atoms with E-state index in [4.69, 9.17) is 22.1 Å². The molecule has 3 atom stereocenters. The monoisotopic (exact) mass is 466 g/mol. The van der Waals surface area contributed by atoms with Gasteiger partial charge in [-0.15, -0.1) is 0 Å². The molecular weight excluding hydrogens is 439 g/mol. The molecule has 1 aliphatic heterocycles. The topological polar surface area (TPSA) is 116 Å². The minimum Gasteiger partial charge on any atom is -0.490 e. The molecule has 5 N–H and O–H groups in total. The average Bonchev–Trinajstić information content (AvgIpc) is 2.86. The van der Waals surface area contributed by atoms with Gasteiger partial charge in [-0.3, -0.25) is 4.79 Å². The van der Waals surface area contributed by atoms with Gasteiger partial charge in [0.1, 0.15) is 18.2 Å². The lowest BCUT2D eigenvalue weighted by Crippen LogP contribution is -2.42. The summed E-state index contributed by atoms with van der Waals surface area (Å²) < 4.78 is 18.8. The van der Waals surface area contributed by atoms with Crippen molar-refractivity contribution in [1.29, 1.82) is 0 Å². The lowest BCUT2D eigenvalue weighted by Gasteiger charge is -2.33. The molecular formula is C23H28ClFN2O5. The number of amides is 1. The van der Waals surface area contributed by atoms with Crippen molar-refractivity contribution in [3.63, 3.8) is 0 Å². The van der Waals surface area contributed by atoms with Gasteiger partial charge in [-0.05, 0) is 61.6 Å². The zero-order valence-corrected chi connectivity index (χ0v) is 18.3. The number of ether oxygens (including phenoxy) is 1. The molecule has 0 saturated carbocycles. The van der Waals surface area contributed by atoms with Crippen molar-refractivity contribution in [1.82, 2.24) is 5.06 Å². The van der Waals surface area contributed by atoms with Gasteiger partial charge in [0.05, 0.1) is 17.3 Å². The summed E-state index contributed by atoms with van der Waals surface area (Å²) in [6, 6.07) is 10.1. The van der Waals surface area contributed by atoms with Crippen LogP contribution in [-0.2, 0) is 6.42 Å².